The maximum atomic E-state index is 6.00. The molecule has 0 aliphatic heterocycles. The zero-order chi connectivity index (χ0) is 17.5. The lowest BCUT2D eigenvalue weighted by Gasteiger charge is -2.16. The molecular weight excluding hydrogens is 338 g/mol. The van der Waals surface area contributed by atoms with Crippen molar-refractivity contribution in [3.05, 3.63) is 35.2 Å². The number of guanidine groups is 1. The third kappa shape index (κ3) is 5.19. The molecule has 0 bridgehead atoms. The van der Waals surface area contributed by atoms with Crippen LogP contribution in [0.5, 0.6) is 0 Å². The Balaban J connectivity index is 1.56. The molecule has 0 amide bonds. The number of nitrogens with one attached hydrogen (secondary N) is 2. The third-order valence-electron chi connectivity index (χ3n) is 4.19. The summed E-state index contributed by atoms with van der Waals surface area (Å²) in [5.41, 5.74) is 0.849. The summed E-state index contributed by atoms with van der Waals surface area (Å²) in [5.74, 6) is 2.00. The van der Waals surface area contributed by atoms with Crippen LogP contribution in [0.2, 0.25) is 5.02 Å². The van der Waals surface area contributed by atoms with Gasteiger partial charge < -0.3 is 15.2 Å². The monoisotopic (exact) mass is 361 g/mol. The average molecular weight is 362 g/mol. The lowest BCUT2D eigenvalue weighted by atomic mass is 10.2. The van der Waals surface area contributed by atoms with Crippen molar-refractivity contribution in [2.24, 2.45) is 4.99 Å². The van der Waals surface area contributed by atoms with Crippen molar-refractivity contribution in [3.63, 3.8) is 0 Å². The lowest BCUT2D eigenvalue weighted by molar-refractivity contribution is 0.380. The van der Waals surface area contributed by atoms with Crippen molar-refractivity contribution in [1.29, 1.82) is 0 Å². The summed E-state index contributed by atoms with van der Waals surface area (Å²) in [7, 11) is 0. The Morgan fingerprint density at radius 2 is 2.20 bits per heavy atom. The van der Waals surface area contributed by atoms with Crippen LogP contribution in [0.25, 0.3) is 11.4 Å². The molecule has 1 aromatic heterocycles. The van der Waals surface area contributed by atoms with Gasteiger partial charge >= 0.3 is 0 Å². The summed E-state index contributed by atoms with van der Waals surface area (Å²) in [5, 5.41) is 11.5. The number of halogens is 1. The number of rotatable bonds is 6. The summed E-state index contributed by atoms with van der Waals surface area (Å²) < 4.78 is 5.32. The largest absolute Gasteiger partial charge is 0.357 e. The Hall–Kier alpha value is -2.08. The molecule has 1 aromatic carbocycles. The zero-order valence-corrected chi connectivity index (χ0v) is 15.2. The third-order valence-corrected chi connectivity index (χ3v) is 4.42. The van der Waals surface area contributed by atoms with Crippen molar-refractivity contribution < 1.29 is 4.52 Å². The minimum Gasteiger partial charge on any atom is -0.357 e. The molecule has 1 aliphatic rings. The van der Waals surface area contributed by atoms with Crippen molar-refractivity contribution in [2.75, 3.05) is 13.1 Å². The molecule has 1 heterocycles. The summed E-state index contributed by atoms with van der Waals surface area (Å²) in [6.45, 7) is 3.51. The normalized spacial score (nSPS) is 15.5. The molecule has 0 saturated heterocycles. The van der Waals surface area contributed by atoms with Crippen LogP contribution in [0, 0.1) is 0 Å². The molecule has 3 rings (SSSR count). The first-order valence-electron chi connectivity index (χ1n) is 8.88. The first-order chi connectivity index (χ1) is 12.2. The summed E-state index contributed by atoms with van der Waals surface area (Å²) >= 11 is 6.00. The molecule has 2 N–H and O–H groups in total. The molecule has 25 heavy (non-hydrogen) atoms. The minimum atomic E-state index is 0.538. The van der Waals surface area contributed by atoms with Crippen LogP contribution in [0.1, 0.15) is 38.5 Å². The predicted molar refractivity (Wildman–Crippen MR) is 99.8 cm³/mol. The van der Waals surface area contributed by atoms with Crippen LogP contribution in [-0.4, -0.2) is 35.2 Å². The molecule has 0 radical (unpaired) electrons. The average Bonchev–Trinajstić information content (AvgIpc) is 3.27. The van der Waals surface area contributed by atoms with E-state index in [0.717, 1.165) is 18.1 Å². The van der Waals surface area contributed by atoms with Crippen LogP contribution in [0.3, 0.4) is 0 Å². The van der Waals surface area contributed by atoms with Gasteiger partial charge in [-0.25, -0.2) is 0 Å². The van der Waals surface area contributed by atoms with Gasteiger partial charge in [0.1, 0.15) is 0 Å². The number of aromatic nitrogens is 2. The second-order valence-corrected chi connectivity index (χ2v) is 6.59. The van der Waals surface area contributed by atoms with E-state index in [4.69, 9.17) is 16.1 Å². The molecule has 1 saturated carbocycles. The van der Waals surface area contributed by atoms with Crippen molar-refractivity contribution in [3.8, 4) is 11.4 Å². The van der Waals surface area contributed by atoms with Gasteiger partial charge in [0.15, 0.2) is 5.96 Å². The minimum absolute atomic E-state index is 0.538. The van der Waals surface area contributed by atoms with Gasteiger partial charge in [-0.05, 0) is 31.9 Å². The van der Waals surface area contributed by atoms with Gasteiger partial charge in [-0.15, -0.1) is 0 Å². The Kier molecular flexibility index (Phi) is 6.28. The molecule has 1 aliphatic carbocycles. The van der Waals surface area contributed by atoms with E-state index in [1.165, 1.54) is 25.7 Å². The maximum absolute atomic E-state index is 6.00. The van der Waals surface area contributed by atoms with Crippen LogP contribution >= 0.6 is 11.6 Å². The number of hydrogen-bond donors (Lipinski definition) is 2. The highest BCUT2D eigenvalue weighted by Gasteiger charge is 2.16. The Morgan fingerprint density at radius 3 is 2.96 bits per heavy atom. The second kappa shape index (κ2) is 8.85. The van der Waals surface area contributed by atoms with E-state index in [-0.39, 0.29) is 0 Å². The SMILES string of the molecule is CCNC(=NCCc1nc(-c2cccc(Cl)c2)no1)NC1CCCC1. The molecule has 1 fully saturated rings. The predicted octanol–water partition coefficient (Wildman–Crippen LogP) is 3.43. The topological polar surface area (TPSA) is 75.3 Å². The molecule has 7 heteroatoms. The first-order valence-corrected chi connectivity index (χ1v) is 9.26. The lowest BCUT2D eigenvalue weighted by Crippen LogP contribution is -2.42. The van der Waals surface area contributed by atoms with Crippen molar-refractivity contribution >= 4 is 17.6 Å². The maximum Gasteiger partial charge on any atom is 0.228 e. The van der Waals surface area contributed by atoms with E-state index in [0.29, 0.717) is 35.7 Å². The van der Waals surface area contributed by atoms with Gasteiger partial charge in [-0.3, -0.25) is 4.99 Å². The standard InChI is InChI=1S/C18H24ClN5O/c1-2-20-18(22-15-8-3-4-9-15)21-11-10-16-23-17(24-25-16)13-6-5-7-14(19)12-13/h5-7,12,15H,2-4,8-11H2,1H3,(H2,20,21,22). The molecule has 0 spiro atoms. The molecule has 0 unspecified atom stereocenters. The van der Waals surface area contributed by atoms with Crippen molar-refractivity contribution in [1.82, 2.24) is 20.8 Å². The number of hydrogen-bond acceptors (Lipinski definition) is 4. The molecule has 6 nitrogen and oxygen atoms in total. The van der Waals surface area contributed by atoms with Gasteiger partial charge in [0.25, 0.3) is 0 Å². The smallest absolute Gasteiger partial charge is 0.228 e. The quantitative estimate of drug-likeness (QED) is 0.609. The molecule has 2 aromatic rings. The van der Waals surface area contributed by atoms with Gasteiger partial charge in [0.05, 0.1) is 6.54 Å². The highest BCUT2D eigenvalue weighted by atomic mass is 35.5. The van der Waals surface area contributed by atoms with E-state index in [1.54, 1.807) is 0 Å². The second-order valence-electron chi connectivity index (χ2n) is 6.16. The van der Waals surface area contributed by atoms with Gasteiger partial charge in [0.2, 0.25) is 11.7 Å². The Bertz CT molecular complexity index is 709. The fourth-order valence-corrected chi connectivity index (χ4v) is 3.14. The Morgan fingerprint density at radius 1 is 1.36 bits per heavy atom. The fraction of sp³-hybridized carbons (Fsp3) is 0.500. The number of benzene rings is 1. The highest BCUT2D eigenvalue weighted by molar-refractivity contribution is 6.30. The van der Waals surface area contributed by atoms with Gasteiger partial charge in [-0.2, -0.15) is 4.98 Å². The molecule has 0 atom stereocenters. The molecular formula is C18H24ClN5O. The highest BCUT2D eigenvalue weighted by Crippen LogP contribution is 2.20. The van der Waals surface area contributed by atoms with Crippen LogP contribution < -0.4 is 10.6 Å². The van der Waals surface area contributed by atoms with Crippen LogP contribution in [0.4, 0.5) is 0 Å². The van der Waals surface area contributed by atoms with E-state index in [1.807, 2.05) is 24.3 Å². The van der Waals surface area contributed by atoms with E-state index < -0.39 is 0 Å². The van der Waals surface area contributed by atoms with E-state index in [2.05, 4.69) is 32.7 Å². The van der Waals surface area contributed by atoms with Crippen LogP contribution in [-0.2, 0) is 6.42 Å². The first kappa shape index (κ1) is 17.7. The molecule has 134 valence electrons. The summed E-state index contributed by atoms with van der Waals surface area (Å²) in [4.78, 5) is 9.04. The fourth-order valence-electron chi connectivity index (χ4n) is 2.95. The number of aliphatic imine (C=N–C) groups is 1. The van der Waals surface area contributed by atoms with E-state index in [9.17, 15) is 0 Å². The van der Waals surface area contributed by atoms with Gasteiger partial charge in [-0.1, -0.05) is 41.7 Å². The summed E-state index contributed by atoms with van der Waals surface area (Å²) in [6.07, 6.45) is 5.64. The Labute approximate surface area is 153 Å². The van der Waals surface area contributed by atoms with E-state index >= 15 is 0 Å². The van der Waals surface area contributed by atoms with Gasteiger partial charge in [0, 0.05) is 29.6 Å². The zero-order valence-electron chi connectivity index (χ0n) is 14.5. The van der Waals surface area contributed by atoms with Crippen molar-refractivity contribution in [2.45, 2.75) is 45.1 Å². The summed E-state index contributed by atoms with van der Waals surface area (Å²) in [6, 6.07) is 7.96. The number of nitrogens with zero attached hydrogens (tertiary/aromatic N) is 3. The van der Waals surface area contributed by atoms with Crippen LogP contribution in [0.15, 0.2) is 33.8 Å².